The highest BCUT2D eigenvalue weighted by Crippen LogP contribution is 2.29. The lowest BCUT2D eigenvalue weighted by molar-refractivity contribution is 0.472. The van der Waals surface area contributed by atoms with Crippen molar-refractivity contribution < 1.29 is 8.42 Å². The summed E-state index contributed by atoms with van der Waals surface area (Å²) in [6.45, 7) is 6.34. The molecule has 0 unspecified atom stereocenters. The molecule has 0 spiro atoms. The Morgan fingerprint density at radius 3 is 2.44 bits per heavy atom. The highest BCUT2D eigenvalue weighted by molar-refractivity contribution is 7.89. The fourth-order valence-corrected chi connectivity index (χ4v) is 2.42. The summed E-state index contributed by atoms with van der Waals surface area (Å²) in [5.41, 5.74) is 0.996. The summed E-state index contributed by atoms with van der Waals surface area (Å²) in [5, 5.41) is 5.12. The van der Waals surface area contributed by atoms with Gasteiger partial charge in [-0.1, -0.05) is 39.3 Å². The highest BCUT2D eigenvalue weighted by atomic mass is 32.2. The van der Waals surface area contributed by atoms with Gasteiger partial charge in [0, 0.05) is 0 Å². The SMILES string of the molecule is CCCC(C)(C)c1cccc(S(N)(=O)=O)c1. The van der Waals surface area contributed by atoms with Crippen LogP contribution in [0, 0.1) is 0 Å². The van der Waals surface area contributed by atoms with E-state index in [2.05, 4.69) is 20.8 Å². The van der Waals surface area contributed by atoms with Gasteiger partial charge in [0.25, 0.3) is 0 Å². The van der Waals surface area contributed by atoms with E-state index in [-0.39, 0.29) is 10.3 Å². The molecule has 1 aromatic carbocycles. The van der Waals surface area contributed by atoms with E-state index in [4.69, 9.17) is 5.14 Å². The van der Waals surface area contributed by atoms with Crippen molar-refractivity contribution in [3.8, 4) is 0 Å². The number of hydrogen-bond donors (Lipinski definition) is 1. The quantitative estimate of drug-likeness (QED) is 0.880. The average Bonchev–Trinajstić information content (AvgIpc) is 2.16. The molecule has 90 valence electrons. The lowest BCUT2D eigenvalue weighted by Crippen LogP contribution is -2.18. The van der Waals surface area contributed by atoms with Gasteiger partial charge in [0.15, 0.2) is 0 Å². The summed E-state index contributed by atoms with van der Waals surface area (Å²) in [5.74, 6) is 0. The Morgan fingerprint density at radius 2 is 1.94 bits per heavy atom. The Bertz CT molecular complexity index is 464. The normalized spacial score (nSPS) is 12.8. The Hall–Kier alpha value is -0.870. The van der Waals surface area contributed by atoms with Crippen LogP contribution in [0.3, 0.4) is 0 Å². The van der Waals surface area contributed by atoms with Gasteiger partial charge in [0.2, 0.25) is 10.0 Å². The first-order chi connectivity index (χ1) is 7.27. The summed E-state index contributed by atoms with van der Waals surface area (Å²) < 4.78 is 22.5. The van der Waals surface area contributed by atoms with Crippen LogP contribution in [0.15, 0.2) is 29.2 Å². The van der Waals surface area contributed by atoms with Crippen molar-refractivity contribution >= 4 is 10.0 Å². The topological polar surface area (TPSA) is 60.2 Å². The van der Waals surface area contributed by atoms with E-state index in [1.165, 1.54) is 6.07 Å². The maximum Gasteiger partial charge on any atom is 0.238 e. The fraction of sp³-hybridized carbons (Fsp3) is 0.500. The monoisotopic (exact) mass is 241 g/mol. The van der Waals surface area contributed by atoms with Crippen molar-refractivity contribution in [2.24, 2.45) is 5.14 Å². The van der Waals surface area contributed by atoms with E-state index in [9.17, 15) is 8.42 Å². The van der Waals surface area contributed by atoms with Crippen molar-refractivity contribution in [2.45, 2.75) is 43.9 Å². The first-order valence-electron chi connectivity index (χ1n) is 5.41. The zero-order valence-electron chi connectivity index (χ0n) is 10.0. The molecule has 0 amide bonds. The zero-order valence-corrected chi connectivity index (χ0v) is 10.8. The van der Waals surface area contributed by atoms with Gasteiger partial charge < -0.3 is 0 Å². The maximum atomic E-state index is 11.2. The number of hydrogen-bond acceptors (Lipinski definition) is 2. The molecule has 0 aromatic heterocycles. The molecule has 0 aliphatic rings. The second kappa shape index (κ2) is 4.55. The summed E-state index contributed by atoms with van der Waals surface area (Å²) in [7, 11) is -3.60. The third-order valence-corrected chi connectivity index (χ3v) is 3.73. The van der Waals surface area contributed by atoms with Crippen LogP contribution in [0.25, 0.3) is 0 Å². The molecule has 0 radical (unpaired) electrons. The van der Waals surface area contributed by atoms with Gasteiger partial charge in [-0.05, 0) is 29.5 Å². The van der Waals surface area contributed by atoms with Crippen LogP contribution in [-0.4, -0.2) is 8.42 Å². The summed E-state index contributed by atoms with van der Waals surface area (Å²) in [6, 6.07) is 6.89. The molecule has 0 heterocycles. The Balaban J connectivity index is 3.18. The van der Waals surface area contributed by atoms with Gasteiger partial charge in [-0.15, -0.1) is 0 Å². The summed E-state index contributed by atoms with van der Waals surface area (Å²) in [6.07, 6.45) is 2.08. The molecular formula is C12H19NO2S. The maximum absolute atomic E-state index is 11.2. The van der Waals surface area contributed by atoms with Gasteiger partial charge in [0.05, 0.1) is 4.90 Å². The molecule has 1 aromatic rings. The van der Waals surface area contributed by atoms with Gasteiger partial charge in [-0.2, -0.15) is 0 Å². The van der Waals surface area contributed by atoms with Crippen LogP contribution in [0.5, 0.6) is 0 Å². The largest absolute Gasteiger partial charge is 0.238 e. The van der Waals surface area contributed by atoms with E-state index < -0.39 is 10.0 Å². The third kappa shape index (κ3) is 3.06. The fourth-order valence-electron chi connectivity index (χ4n) is 1.86. The lowest BCUT2D eigenvalue weighted by Gasteiger charge is -2.25. The van der Waals surface area contributed by atoms with E-state index in [0.717, 1.165) is 18.4 Å². The van der Waals surface area contributed by atoms with Crippen molar-refractivity contribution in [2.75, 3.05) is 0 Å². The first kappa shape index (κ1) is 13.2. The lowest BCUT2D eigenvalue weighted by atomic mass is 9.81. The second-order valence-electron chi connectivity index (χ2n) is 4.71. The van der Waals surface area contributed by atoms with Crippen molar-refractivity contribution in [3.05, 3.63) is 29.8 Å². The number of benzene rings is 1. The highest BCUT2D eigenvalue weighted by Gasteiger charge is 2.20. The minimum absolute atomic E-state index is 0.0184. The molecule has 0 aliphatic heterocycles. The van der Waals surface area contributed by atoms with Gasteiger partial charge in [0.1, 0.15) is 0 Å². The molecule has 0 atom stereocenters. The summed E-state index contributed by atoms with van der Waals surface area (Å²) >= 11 is 0. The molecule has 0 bridgehead atoms. The standard InChI is InChI=1S/C12H19NO2S/c1-4-8-12(2,3)10-6-5-7-11(9-10)16(13,14)15/h5-7,9H,4,8H2,1-3H3,(H2,13,14,15). The van der Waals surface area contributed by atoms with Gasteiger partial charge in [-0.3, -0.25) is 0 Å². The van der Waals surface area contributed by atoms with E-state index in [1.54, 1.807) is 12.1 Å². The molecule has 1 rings (SSSR count). The molecular weight excluding hydrogens is 222 g/mol. The minimum atomic E-state index is -3.60. The van der Waals surface area contributed by atoms with Crippen LogP contribution in [0.4, 0.5) is 0 Å². The smallest absolute Gasteiger partial charge is 0.225 e. The molecule has 2 N–H and O–H groups in total. The third-order valence-electron chi connectivity index (χ3n) is 2.82. The second-order valence-corrected chi connectivity index (χ2v) is 6.27. The first-order valence-corrected chi connectivity index (χ1v) is 6.95. The molecule has 0 saturated carbocycles. The van der Waals surface area contributed by atoms with Crippen LogP contribution in [0.2, 0.25) is 0 Å². The molecule has 0 saturated heterocycles. The van der Waals surface area contributed by atoms with Crippen LogP contribution in [0.1, 0.15) is 39.2 Å². The molecule has 16 heavy (non-hydrogen) atoms. The van der Waals surface area contributed by atoms with Crippen LogP contribution >= 0.6 is 0 Å². The van der Waals surface area contributed by atoms with E-state index in [1.807, 2.05) is 6.07 Å². The Morgan fingerprint density at radius 1 is 1.31 bits per heavy atom. The summed E-state index contributed by atoms with van der Waals surface area (Å²) in [4.78, 5) is 0.189. The Kier molecular flexibility index (Phi) is 3.76. The van der Waals surface area contributed by atoms with Crippen molar-refractivity contribution in [3.63, 3.8) is 0 Å². The molecule has 3 nitrogen and oxygen atoms in total. The number of rotatable bonds is 4. The van der Waals surface area contributed by atoms with Crippen molar-refractivity contribution in [1.29, 1.82) is 0 Å². The number of sulfonamides is 1. The van der Waals surface area contributed by atoms with Crippen LogP contribution in [-0.2, 0) is 15.4 Å². The average molecular weight is 241 g/mol. The van der Waals surface area contributed by atoms with E-state index >= 15 is 0 Å². The predicted octanol–water partition coefficient (Wildman–Crippen LogP) is 2.41. The molecule has 0 aliphatic carbocycles. The number of primary sulfonamides is 1. The van der Waals surface area contributed by atoms with Gasteiger partial charge >= 0.3 is 0 Å². The van der Waals surface area contributed by atoms with E-state index in [0.29, 0.717) is 0 Å². The zero-order chi connectivity index (χ0) is 12.4. The van der Waals surface area contributed by atoms with Crippen LogP contribution < -0.4 is 5.14 Å². The van der Waals surface area contributed by atoms with Gasteiger partial charge in [-0.25, -0.2) is 13.6 Å². The molecule has 4 heteroatoms. The van der Waals surface area contributed by atoms with Crippen molar-refractivity contribution in [1.82, 2.24) is 0 Å². The minimum Gasteiger partial charge on any atom is -0.225 e. The Labute approximate surface area is 97.7 Å². The predicted molar refractivity (Wildman–Crippen MR) is 65.7 cm³/mol. The molecule has 0 fully saturated rings. The number of nitrogens with two attached hydrogens (primary N) is 1.